The molecule has 0 heterocycles. The Hall–Kier alpha value is -0.610. The van der Waals surface area contributed by atoms with Crippen LogP contribution in [-0.4, -0.2) is 37.4 Å². The minimum absolute atomic E-state index is 0.0510. The van der Waals surface area contributed by atoms with E-state index in [1.54, 1.807) is 21.0 Å². The number of nitrogens with one attached hydrogen (secondary N) is 1. The summed E-state index contributed by atoms with van der Waals surface area (Å²) in [6.45, 7) is 6.26. The van der Waals surface area contributed by atoms with Gasteiger partial charge in [-0.15, -0.1) is 0 Å². The average molecular weight is 215 g/mol. The lowest BCUT2D eigenvalue weighted by atomic mass is 9.88. The highest BCUT2D eigenvalue weighted by molar-refractivity contribution is 5.84. The van der Waals surface area contributed by atoms with E-state index in [1.165, 1.54) is 0 Å². The van der Waals surface area contributed by atoms with Crippen molar-refractivity contribution >= 4 is 5.91 Å². The molecule has 0 atom stereocenters. The highest BCUT2D eigenvalue weighted by Gasteiger charge is 2.35. The summed E-state index contributed by atoms with van der Waals surface area (Å²) in [5, 5.41) is 2.95. The molecule has 1 aliphatic carbocycles. The van der Waals surface area contributed by atoms with Crippen molar-refractivity contribution in [2.75, 3.05) is 13.7 Å². The van der Waals surface area contributed by atoms with Gasteiger partial charge in [-0.1, -0.05) is 0 Å². The van der Waals surface area contributed by atoms with Crippen molar-refractivity contribution in [3.8, 4) is 0 Å². The van der Waals surface area contributed by atoms with Gasteiger partial charge in [0.05, 0.1) is 6.10 Å². The van der Waals surface area contributed by atoms with Gasteiger partial charge < -0.3 is 14.8 Å². The molecule has 0 spiro atoms. The lowest BCUT2D eigenvalue weighted by Gasteiger charge is -2.37. The minimum atomic E-state index is -0.739. The number of rotatable bonds is 5. The van der Waals surface area contributed by atoms with Crippen LogP contribution in [0.25, 0.3) is 0 Å². The second-order valence-corrected chi connectivity index (χ2v) is 4.43. The van der Waals surface area contributed by atoms with Crippen LogP contribution in [0, 0.1) is 0 Å². The van der Waals surface area contributed by atoms with Crippen molar-refractivity contribution in [1.82, 2.24) is 5.32 Å². The molecule has 1 amide bonds. The molecule has 1 N–H and O–H groups in total. The van der Waals surface area contributed by atoms with Gasteiger partial charge in [-0.3, -0.25) is 4.79 Å². The van der Waals surface area contributed by atoms with Crippen molar-refractivity contribution < 1.29 is 14.3 Å². The van der Waals surface area contributed by atoms with Gasteiger partial charge in [-0.2, -0.15) is 0 Å². The Bertz CT molecular complexity index is 222. The second-order valence-electron chi connectivity index (χ2n) is 4.43. The molecule has 0 aromatic rings. The summed E-state index contributed by atoms with van der Waals surface area (Å²) in [6, 6.07) is 0.253. The smallest absolute Gasteiger partial charge is 0.251 e. The molecule has 1 rings (SSSR count). The molecular weight excluding hydrogens is 194 g/mol. The number of carbonyl (C=O) groups is 1. The number of amides is 1. The van der Waals surface area contributed by atoms with Crippen LogP contribution in [0.15, 0.2) is 0 Å². The Labute approximate surface area is 91.3 Å². The van der Waals surface area contributed by atoms with Crippen LogP contribution in [0.5, 0.6) is 0 Å². The Morgan fingerprint density at radius 3 is 2.53 bits per heavy atom. The van der Waals surface area contributed by atoms with Gasteiger partial charge >= 0.3 is 0 Å². The summed E-state index contributed by atoms with van der Waals surface area (Å²) in [5.41, 5.74) is -0.739. The maximum absolute atomic E-state index is 11.7. The molecule has 4 nitrogen and oxygen atoms in total. The highest BCUT2D eigenvalue weighted by Crippen LogP contribution is 2.24. The first kappa shape index (κ1) is 12.5. The van der Waals surface area contributed by atoms with E-state index in [4.69, 9.17) is 9.47 Å². The maximum atomic E-state index is 11.7. The highest BCUT2D eigenvalue weighted by atomic mass is 16.5. The summed E-state index contributed by atoms with van der Waals surface area (Å²) in [4.78, 5) is 11.7. The standard InChI is InChI=1S/C11H21NO3/c1-5-15-9-6-8(7-9)12-10(13)11(2,3)14-4/h8-9H,5-7H2,1-4H3,(H,12,13). The molecule has 4 heteroatoms. The molecule has 15 heavy (non-hydrogen) atoms. The largest absolute Gasteiger partial charge is 0.378 e. The third-order valence-corrected chi connectivity index (χ3v) is 2.89. The number of carbonyl (C=O) groups excluding carboxylic acids is 1. The molecule has 1 fully saturated rings. The lowest BCUT2D eigenvalue weighted by Crippen LogP contribution is -2.53. The van der Waals surface area contributed by atoms with Crippen LogP contribution in [0.3, 0.4) is 0 Å². The molecule has 1 aliphatic rings. The first-order chi connectivity index (χ1) is 6.99. The van der Waals surface area contributed by atoms with Crippen LogP contribution in [0.2, 0.25) is 0 Å². The first-order valence-electron chi connectivity index (χ1n) is 5.47. The van der Waals surface area contributed by atoms with E-state index in [0.29, 0.717) is 6.10 Å². The zero-order valence-corrected chi connectivity index (χ0v) is 10.0. The summed E-state index contributed by atoms with van der Waals surface area (Å²) >= 11 is 0. The molecule has 0 bridgehead atoms. The normalized spacial score (nSPS) is 25.9. The van der Waals surface area contributed by atoms with Crippen molar-refractivity contribution in [2.24, 2.45) is 0 Å². The summed E-state index contributed by atoms with van der Waals surface area (Å²) in [5.74, 6) is -0.0510. The van der Waals surface area contributed by atoms with Gasteiger partial charge in [0, 0.05) is 19.8 Å². The Kier molecular flexibility index (Phi) is 4.11. The van der Waals surface area contributed by atoms with Crippen molar-refractivity contribution in [3.63, 3.8) is 0 Å². The molecule has 1 saturated carbocycles. The summed E-state index contributed by atoms with van der Waals surface area (Å²) in [7, 11) is 1.54. The quantitative estimate of drug-likeness (QED) is 0.747. The van der Waals surface area contributed by atoms with Crippen LogP contribution < -0.4 is 5.32 Å². The third-order valence-electron chi connectivity index (χ3n) is 2.89. The average Bonchev–Trinajstić information content (AvgIpc) is 2.14. The topological polar surface area (TPSA) is 47.6 Å². The molecule has 0 aromatic heterocycles. The van der Waals surface area contributed by atoms with Gasteiger partial charge in [0.15, 0.2) is 0 Å². The Balaban J connectivity index is 2.25. The monoisotopic (exact) mass is 215 g/mol. The number of ether oxygens (including phenoxy) is 2. The zero-order chi connectivity index (χ0) is 11.5. The predicted octanol–water partition coefficient (Wildman–Crippen LogP) is 1.10. The third kappa shape index (κ3) is 3.18. The number of methoxy groups -OCH3 is 1. The Morgan fingerprint density at radius 2 is 2.07 bits per heavy atom. The van der Waals surface area contributed by atoms with E-state index in [9.17, 15) is 4.79 Å². The molecule has 0 unspecified atom stereocenters. The fraction of sp³-hybridized carbons (Fsp3) is 0.909. The van der Waals surface area contributed by atoms with Crippen molar-refractivity contribution in [3.05, 3.63) is 0 Å². The molecule has 0 saturated heterocycles. The van der Waals surface area contributed by atoms with Gasteiger partial charge in [-0.25, -0.2) is 0 Å². The number of hydrogen-bond acceptors (Lipinski definition) is 3. The van der Waals surface area contributed by atoms with Crippen molar-refractivity contribution in [1.29, 1.82) is 0 Å². The summed E-state index contributed by atoms with van der Waals surface area (Å²) in [6.07, 6.45) is 2.16. The maximum Gasteiger partial charge on any atom is 0.251 e. The molecule has 0 aromatic carbocycles. The van der Waals surface area contributed by atoms with E-state index >= 15 is 0 Å². The van der Waals surface area contributed by atoms with Gasteiger partial charge in [0.25, 0.3) is 5.91 Å². The lowest BCUT2D eigenvalue weighted by molar-refractivity contribution is -0.142. The van der Waals surface area contributed by atoms with Crippen LogP contribution in [0.1, 0.15) is 33.6 Å². The molecule has 88 valence electrons. The minimum Gasteiger partial charge on any atom is -0.378 e. The van der Waals surface area contributed by atoms with Crippen LogP contribution in [0.4, 0.5) is 0 Å². The SMILES string of the molecule is CCOC1CC(NC(=O)C(C)(C)OC)C1. The molecular formula is C11H21NO3. The molecule has 0 aliphatic heterocycles. The van der Waals surface area contributed by atoms with E-state index < -0.39 is 5.60 Å². The Morgan fingerprint density at radius 1 is 1.47 bits per heavy atom. The van der Waals surface area contributed by atoms with Crippen LogP contribution in [-0.2, 0) is 14.3 Å². The molecule has 0 radical (unpaired) electrons. The fourth-order valence-corrected chi connectivity index (χ4v) is 1.51. The zero-order valence-electron chi connectivity index (χ0n) is 10.0. The number of hydrogen-bond donors (Lipinski definition) is 1. The van der Waals surface area contributed by atoms with Crippen molar-refractivity contribution in [2.45, 2.75) is 51.4 Å². The van der Waals surface area contributed by atoms with Gasteiger partial charge in [0.2, 0.25) is 0 Å². The van der Waals surface area contributed by atoms with E-state index in [0.717, 1.165) is 19.4 Å². The fourth-order valence-electron chi connectivity index (χ4n) is 1.51. The van der Waals surface area contributed by atoms with Gasteiger partial charge in [0.1, 0.15) is 5.60 Å². The van der Waals surface area contributed by atoms with Crippen LogP contribution >= 0.6 is 0 Å². The predicted molar refractivity (Wildman–Crippen MR) is 57.7 cm³/mol. The second kappa shape index (κ2) is 4.94. The van der Waals surface area contributed by atoms with Gasteiger partial charge in [-0.05, 0) is 33.6 Å². The van der Waals surface area contributed by atoms with E-state index in [-0.39, 0.29) is 11.9 Å². The summed E-state index contributed by atoms with van der Waals surface area (Å²) < 4.78 is 10.5. The van der Waals surface area contributed by atoms with E-state index in [1.807, 2.05) is 6.92 Å². The first-order valence-corrected chi connectivity index (χ1v) is 5.47. The van der Waals surface area contributed by atoms with E-state index in [2.05, 4.69) is 5.32 Å².